The van der Waals surface area contributed by atoms with Gasteiger partial charge in [0, 0.05) is 6.42 Å². The van der Waals surface area contributed by atoms with E-state index >= 15 is 0 Å². The summed E-state index contributed by atoms with van der Waals surface area (Å²) in [7, 11) is 0. The molecule has 2 N–H and O–H groups in total. The van der Waals surface area contributed by atoms with Crippen LogP contribution in [-0.4, -0.2) is 74.4 Å². The third-order valence-corrected chi connectivity index (χ3v) is 3.76. The van der Waals surface area contributed by atoms with Gasteiger partial charge in [-0.05, 0) is 13.3 Å². The third-order valence-electron chi connectivity index (χ3n) is 3.76. The normalized spacial score (nSPS) is 11.5. The van der Waals surface area contributed by atoms with Crippen LogP contribution in [0, 0.1) is 0 Å². The van der Waals surface area contributed by atoms with Gasteiger partial charge < -0.3 is 10.4 Å². The Hall–Kier alpha value is 0.576. The summed E-state index contributed by atoms with van der Waals surface area (Å²) in [6.07, 6.45) is 14.2. The van der Waals surface area contributed by atoms with E-state index in [1.165, 1.54) is 64.7 Å². The Kier molecular flexibility index (Phi) is 20.2. The van der Waals surface area contributed by atoms with Crippen molar-refractivity contribution in [2.24, 2.45) is 0 Å². The van der Waals surface area contributed by atoms with E-state index in [0.29, 0.717) is 6.42 Å². The number of rotatable bonds is 14. The first-order chi connectivity index (χ1) is 10.1. The van der Waals surface area contributed by atoms with Gasteiger partial charge in [-0.1, -0.05) is 71.1 Å². The first-order valence-corrected chi connectivity index (χ1v) is 8.60. The van der Waals surface area contributed by atoms with E-state index in [-0.39, 0.29) is 57.3 Å². The van der Waals surface area contributed by atoms with Gasteiger partial charge in [0.05, 0.1) is 0 Å². The summed E-state index contributed by atoms with van der Waals surface area (Å²) >= 11 is 0. The molecule has 0 aliphatic rings. The summed E-state index contributed by atoms with van der Waals surface area (Å²) in [6.45, 7) is 3.73. The molecule has 0 aromatic heterocycles. The molecule has 0 bridgehead atoms. The van der Waals surface area contributed by atoms with Crippen molar-refractivity contribution in [1.82, 2.24) is 5.32 Å². The predicted molar refractivity (Wildman–Crippen MR) is 93.5 cm³/mol. The molecule has 4 nitrogen and oxygen atoms in total. The van der Waals surface area contributed by atoms with E-state index < -0.39 is 12.0 Å². The average molecular weight is 340 g/mol. The second kappa shape index (κ2) is 17.9. The molecule has 1 amide bonds. The van der Waals surface area contributed by atoms with Gasteiger partial charge in [0.1, 0.15) is 6.04 Å². The van der Waals surface area contributed by atoms with Gasteiger partial charge in [-0.3, -0.25) is 9.59 Å². The monoisotopic (exact) mass is 339 g/mol. The van der Waals surface area contributed by atoms with E-state index in [0.717, 1.165) is 12.8 Å². The molecule has 0 saturated carbocycles. The maximum atomic E-state index is 11.4. The molecule has 22 heavy (non-hydrogen) atoms. The van der Waals surface area contributed by atoms with Gasteiger partial charge >= 0.3 is 57.4 Å². The second-order valence-electron chi connectivity index (χ2n) is 5.91. The van der Waals surface area contributed by atoms with Crippen molar-refractivity contribution in [2.45, 2.75) is 96.9 Å². The molecule has 1 unspecified atom stereocenters. The zero-order valence-electron chi connectivity index (χ0n) is 13.8. The van der Waals surface area contributed by atoms with Gasteiger partial charge in [0.15, 0.2) is 0 Å². The van der Waals surface area contributed by atoms with Crippen LogP contribution in [0.1, 0.15) is 90.9 Å². The number of carboxylic acids is 1. The number of amides is 1. The van der Waals surface area contributed by atoms with Crippen LogP contribution in [-0.2, 0) is 9.59 Å². The molecule has 126 valence electrons. The predicted octanol–water partition coefficient (Wildman–Crippen LogP) is 3.63. The van der Waals surface area contributed by atoms with Gasteiger partial charge in [-0.2, -0.15) is 0 Å². The topological polar surface area (TPSA) is 66.4 Å². The van der Waals surface area contributed by atoms with Crippen LogP contribution in [0.25, 0.3) is 0 Å². The van der Waals surface area contributed by atoms with Crippen molar-refractivity contribution >= 4 is 63.3 Å². The number of nitrogens with one attached hydrogen (secondary N) is 1. The van der Waals surface area contributed by atoms with E-state index in [2.05, 4.69) is 12.2 Å². The molecule has 0 aliphatic carbocycles. The Labute approximate surface area is 178 Å². The van der Waals surface area contributed by atoms with Gasteiger partial charge in [0.25, 0.3) is 0 Å². The number of unbranched alkanes of at least 4 members (excludes halogenated alkanes) is 10. The molecule has 0 heterocycles. The number of carbonyl (C=O) groups is 2. The standard InChI is InChI=1S/C17H33NO3.K.H/c1-3-4-5-6-7-8-9-10-11-12-13-14-16(19)18-15(2)17(20)21;;/h15H,3-14H2,1-2H3,(H,18,19)(H,20,21);;. The Morgan fingerprint density at radius 3 is 1.68 bits per heavy atom. The minimum absolute atomic E-state index is 0. The number of hydrogen-bond donors (Lipinski definition) is 2. The Bertz CT molecular complexity index is 285. The van der Waals surface area contributed by atoms with Crippen LogP contribution in [0.4, 0.5) is 0 Å². The molecule has 0 aromatic rings. The summed E-state index contributed by atoms with van der Waals surface area (Å²) in [4.78, 5) is 22.0. The van der Waals surface area contributed by atoms with Crippen molar-refractivity contribution in [1.29, 1.82) is 0 Å². The molecular weight excluding hydrogens is 305 g/mol. The van der Waals surface area contributed by atoms with Gasteiger partial charge in [0.2, 0.25) is 5.91 Å². The SMILES string of the molecule is CCCCCCCCCCCCCC(=O)NC(C)C(=O)O.[KH]. The molecule has 0 radical (unpaired) electrons. The zero-order chi connectivity index (χ0) is 15.9. The molecular formula is C17H34KNO3. The van der Waals surface area contributed by atoms with Gasteiger partial charge in [-0.15, -0.1) is 0 Å². The summed E-state index contributed by atoms with van der Waals surface area (Å²) in [5, 5.41) is 11.2. The number of carboxylic acid groups (broad SMARTS) is 1. The second-order valence-corrected chi connectivity index (χ2v) is 5.91. The Morgan fingerprint density at radius 2 is 1.27 bits per heavy atom. The van der Waals surface area contributed by atoms with E-state index in [1.54, 1.807) is 0 Å². The molecule has 5 heteroatoms. The van der Waals surface area contributed by atoms with Crippen molar-refractivity contribution < 1.29 is 14.7 Å². The Balaban J connectivity index is 0. The summed E-state index contributed by atoms with van der Waals surface area (Å²) in [5.74, 6) is -1.14. The van der Waals surface area contributed by atoms with Crippen molar-refractivity contribution in [2.75, 3.05) is 0 Å². The van der Waals surface area contributed by atoms with E-state index in [9.17, 15) is 9.59 Å². The van der Waals surface area contributed by atoms with E-state index in [1.807, 2.05) is 0 Å². The van der Waals surface area contributed by atoms with Crippen LogP contribution in [0.15, 0.2) is 0 Å². The summed E-state index contributed by atoms with van der Waals surface area (Å²) < 4.78 is 0. The maximum absolute atomic E-state index is 11.4. The van der Waals surface area contributed by atoms with Crippen LogP contribution in [0.2, 0.25) is 0 Å². The summed E-state index contributed by atoms with van der Waals surface area (Å²) in [6, 6.07) is -0.787. The van der Waals surface area contributed by atoms with E-state index in [4.69, 9.17) is 5.11 Å². The van der Waals surface area contributed by atoms with Crippen molar-refractivity contribution in [3.8, 4) is 0 Å². The van der Waals surface area contributed by atoms with Gasteiger partial charge in [-0.25, -0.2) is 0 Å². The van der Waals surface area contributed by atoms with Crippen LogP contribution in [0.3, 0.4) is 0 Å². The quantitative estimate of drug-likeness (QED) is 0.375. The number of hydrogen-bond acceptors (Lipinski definition) is 2. The molecule has 0 aromatic carbocycles. The molecule has 0 fully saturated rings. The molecule has 1 atom stereocenters. The summed E-state index contributed by atoms with van der Waals surface area (Å²) in [5.41, 5.74) is 0. The first kappa shape index (κ1) is 24.8. The van der Waals surface area contributed by atoms with Crippen molar-refractivity contribution in [3.05, 3.63) is 0 Å². The number of aliphatic carboxylic acids is 1. The minimum atomic E-state index is -0.984. The first-order valence-electron chi connectivity index (χ1n) is 8.60. The molecule has 0 aliphatic heterocycles. The average Bonchev–Trinajstić information content (AvgIpc) is 2.44. The third kappa shape index (κ3) is 16.9. The Morgan fingerprint density at radius 1 is 0.864 bits per heavy atom. The fourth-order valence-corrected chi connectivity index (χ4v) is 2.33. The fourth-order valence-electron chi connectivity index (χ4n) is 2.33. The van der Waals surface area contributed by atoms with Crippen LogP contribution in [0.5, 0.6) is 0 Å². The molecule has 0 spiro atoms. The molecule has 0 rings (SSSR count). The fraction of sp³-hybridized carbons (Fsp3) is 0.882. The van der Waals surface area contributed by atoms with Crippen LogP contribution >= 0.6 is 0 Å². The van der Waals surface area contributed by atoms with Crippen LogP contribution < -0.4 is 5.32 Å². The zero-order valence-corrected chi connectivity index (χ0v) is 13.8. The number of carbonyl (C=O) groups excluding carboxylic acids is 1. The van der Waals surface area contributed by atoms with Crippen molar-refractivity contribution in [3.63, 3.8) is 0 Å². The molecule has 0 saturated heterocycles.